The van der Waals surface area contributed by atoms with Crippen LogP contribution in [-0.4, -0.2) is 22.2 Å². The third-order valence-corrected chi connectivity index (χ3v) is 2.97. The van der Waals surface area contributed by atoms with Gasteiger partial charge in [0, 0.05) is 5.56 Å². The number of benzene rings is 1. The fraction of sp³-hybridized carbons (Fsp3) is 0. The first kappa shape index (κ1) is 14.3. The van der Waals surface area contributed by atoms with Crippen LogP contribution in [0, 0.1) is 22.7 Å². The molecule has 0 amide bonds. The molecule has 1 aromatic carbocycles. The van der Waals surface area contributed by atoms with Crippen LogP contribution in [0.25, 0.3) is 11.1 Å². The van der Waals surface area contributed by atoms with Crippen LogP contribution in [0.15, 0.2) is 29.1 Å². The van der Waals surface area contributed by atoms with Gasteiger partial charge in [0.2, 0.25) is 0 Å². The molecule has 21 heavy (non-hydrogen) atoms. The third kappa shape index (κ3) is 2.49. The van der Waals surface area contributed by atoms with Crippen LogP contribution in [0.2, 0.25) is 0 Å². The SMILES string of the molecule is N#Cc1c(N)[nH]c(=O)c(C#N)c1-c1ccc(B(O)O)cc1. The molecule has 0 aliphatic rings. The lowest BCUT2D eigenvalue weighted by Gasteiger charge is -2.09. The molecule has 0 radical (unpaired) electrons. The first-order valence-corrected chi connectivity index (χ1v) is 5.82. The predicted molar refractivity (Wildman–Crippen MR) is 76.2 cm³/mol. The van der Waals surface area contributed by atoms with Crippen molar-refractivity contribution in [1.82, 2.24) is 4.98 Å². The second kappa shape index (κ2) is 5.51. The van der Waals surface area contributed by atoms with E-state index in [1.54, 1.807) is 6.07 Å². The molecule has 1 heterocycles. The molecular formula is C13H9BN4O3. The Morgan fingerprint density at radius 2 is 1.67 bits per heavy atom. The maximum atomic E-state index is 11.8. The zero-order valence-electron chi connectivity index (χ0n) is 10.7. The number of hydrogen-bond acceptors (Lipinski definition) is 6. The van der Waals surface area contributed by atoms with E-state index < -0.39 is 12.7 Å². The minimum atomic E-state index is -1.63. The van der Waals surface area contributed by atoms with E-state index >= 15 is 0 Å². The average Bonchev–Trinajstić information content (AvgIpc) is 2.46. The molecule has 0 saturated heterocycles. The van der Waals surface area contributed by atoms with Gasteiger partial charge < -0.3 is 20.8 Å². The van der Waals surface area contributed by atoms with Crippen molar-refractivity contribution in [3.63, 3.8) is 0 Å². The maximum absolute atomic E-state index is 11.8. The van der Waals surface area contributed by atoms with Gasteiger partial charge in [-0.2, -0.15) is 10.5 Å². The fourth-order valence-electron chi connectivity index (χ4n) is 1.95. The lowest BCUT2D eigenvalue weighted by atomic mass is 9.79. The van der Waals surface area contributed by atoms with Crippen LogP contribution >= 0.6 is 0 Å². The smallest absolute Gasteiger partial charge is 0.423 e. The van der Waals surface area contributed by atoms with Gasteiger partial charge in [0.25, 0.3) is 5.56 Å². The number of nitrogens with two attached hydrogens (primary N) is 1. The Bertz CT molecular complexity index is 829. The summed E-state index contributed by atoms with van der Waals surface area (Å²) in [4.78, 5) is 14.0. The van der Waals surface area contributed by atoms with Crippen molar-refractivity contribution in [3.05, 3.63) is 45.7 Å². The summed E-state index contributed by atoms with van der Waals surface area (Å²) in [5, 5.41) is 36.4. The first-order valence-electron chi connectivity index (χ1n) is 5.82. The molecule has 2 rings (SSSR count). The van der Waals surface area contributed by atoms with Crippen molar-refractivity contribution in [3.8, 4) is 23.3 Å². The number of aromatic nitrogens is 1. The van der Waals surface area contributed by atoms with Gasteiger partial charge >= 0.3 is 7.12 Å². The van der Waals surface area contributed by atoms with Crippen molar-refractivity contribution in [1.29, 1.82) is 10.5 Å². The van der Waals surface area contributed by atoms with E-state index in [0.717, 1.165) is 0 Å². The minimum absolute atomic E-state index is 0.0107. The van der Waals surface area contributed by atoms with Crippen molar-refractivity contribution in [2.75, 3.05) is 5.73 Å². The second-order valence-electron chi connectivity index (χ2n) is 4.21. The first-order chi connectivity index (χ1) is 9.99. The minimum Gasteiger partial charge on any atom is -0.423 e. The number of anilines is 1. The lowest BCUT2D eigenvalue weighted by Crippen LogP contribution is -2.29. The number of rotatable bonds is 2. The number of aromatic amines is 1. The fourth-order valence-corrected chi connectivity index (χ4v) is 1.95. The highest BCUT2D eigenvalue weighted by Crippen LogP contribution is 2.27. The summed E-state index contributed by atoms with van der Waals surface area (Å²) in [7, 11) is -1.63. The molecule has 0 fully saturated rings. The zero-order chi connectivity index (χ0) is 15.6. The summed E-state index contributed by atoms with van der Waals surface area (Å²) in [6.07, 6.45) is 0. The Morgan fingerprint density at radius 1 is 1.10 bits per heavy atom. The van der Waals surface area contributed by atoms with Crippen LogP contribution in [0.5, 0.6) is 0 Å². The van der Waals surface area contributed by atoms with Gasteiger partial charge in [0.1, 0.15) is 29.1 Å². The molecule has 0 atom stereocenters. The molecule has 0 spiro atoms. The normalized spacial score (nSPS) is 9.71. The Labute approximate surface area is 119 Å². The van der Waals surface area contributed by atoms with Crippen LogP contribution < -0.4 is 16.8 Å². The van der Waals surface area contributed by atoms with Crippen LogP contribution in [-0.2, 0) is 0 Å². The summed E-state index contributed by atoms with van der Waals surface area (Å²) >= 11 is 0. The quantitative estimate of drug-likeness (QED) is 0.521. The van der Waals surface area contributed by atoms with Gasteiger partial charge in [0.05, 0.1) is 0 Å². The average molecular weight is 280 g/mol. The largest absolute Gasteiger partial charge is 0.488 e. The Hall–Kier alpha value is -3.07. The van der Waals surface area contributed by atoms with Gasteiger partial charge in [-0.25, -0.2) is 0 Å². The summed E-state index contributed by atoms with van der Waals surface area (Å²) in [5.74, 6) is -0.122. The molecule has 0 bridgehead atoms. The monoisotopic (exact) mass is 280 g/mol. The highest BCUT2D eigenvalue weighted by molar-refractivity contribution is 6.58. The molecule has 8 heteroatoms. The number of nitriles is 2. The van der Waals surface area contributed by atoms with Crippen molar-refractivity contribution < 1.29 is 10.0 Å². The number of nitrogen functional groups attached to an aromatic ring is 1. The number of H-pyrrole nitrogens is 1. The number of nitrogens with zero attached hydrogens (tertiary/aromatic N) is 2. The predicted octanol–water partition coefficient (Wildman–Crippen LogP) is -0.953. The number of nitrogens with one attached hydrogen (secondary N) is 1. The molecule has 5 N–H and O–H groups in total. The van der Waals surface area contributed by atoms with E-state index in [4.69, 9.17) is 21.0 Å². The number of pyridine rings is 1. The molecular weight excluding hydrogens is 271 g/mol. The van der Waals surface area contributed by atoms with Gasteiger partial charge in [-0.1, -0.05) is 24.3 Å². The van der Waals surface area contributed by atoms with E-state index in [1.807, 2.05) is 6.07 Å². The zero-order valence-corrected chi connectivity index (χ0v) is 10.7. The highest BCUT2D eigenvalue weighted by atomic mass is 16.4. The molecule has 7 nitrogen and oxygen atoms in total. The van der Waals surface area contributed by atoms with E-state index in [9.17, 15) is 10.1 Å². The maximum Gasteiger partial charge on any atom is 0.488 e. The van der Waals surface area contributed by atoms with E-state index in [1.165, 1.54) is 24.3 Å². The Balaban J connectivity index is 2.77. The molecule has 1 aromatic heterocycles. The van der Waals surface area contributed by atoms with Gasteiger partial charge in [-0.3, -0.25) is 4.79 Å². The van der Waals surface area contributed by atoms with E-state index in [-0.39, 0.29) is 28.0 Å². The third-order valence-electron chi connectivity index (χ3n) is 2.97. The molecule has 102 valence electrons. The van der Waals surface area contributed by atoms with Gasteiger partial charge in [-0.05, 0) is 11.0 Å². The van der Waals surface area contributed by atoms with E-state index in [2.05, 4.69) is 4.98 Å². The Morgan fingerprint density at radius 3 is 2.14 bits per heavy atom. The Kier molecular flexibility index (Phi) is 3.76. The van der Waals surface area contributed by atoms with Crippen molar-refractivity contribution in [2.45, 2.75) is 0 Å². The second-order valence-corrected chi connectivity index (χ2v) is 4.21. The lowest BCUT2D eigenvalue weighted by molar-refractivity contribution is 0.426. The molecule has 2 aromatic rings. The topological polar surface area (TPSA) is 147 Å². The highest BCUT2D eigenvalue weighted by Gasteiger charge is 2.18. The molecule has 0 saturated carbocycles. The van der Waals surface area contributed by atoms with E-state index in [0.29, 0.717) is 5.56 Å². The van der Waals surface area contributed by atoms with Crippen LogP contribution in [0.4, 0.5) is 5.82 Å². The van der Waals surface area contributed by atoms with Gasteiger partial charge in [-0.15, -0.1) is 0 Å². The van der Waals surface area contributed by atoms with Gasteiger partial charge in [0.15, 0.2) is 0 Å². The summed E-state index contributed by atoms with van der Waals surface area (Å²) in [5.41, 5.74) is 5.46. The summed E-state index contributed by atoms with van der Waals surface area (Å²) in [6.45, 7) is 0. The number of hydrogen-bond donors (Lipinski definition) is 4. The van der Waals surface area contributed by atoms with Crippen molar-refractivity contribution in [2.24, 2.45) is 0 Å². The summed E-state index contributed by atoms with van der Waals surface area (Å²) in [6, 6.07) is 9.40. The van der Waals surface area contributed by atoms with Crippen LogP contribution in [0.1, 0.15) is 11.1 Å². The van der Waals surface area contributed by atoms with Crippen LogP contribution in [0.3, 0.4) is 0 Å². The molecule has 0 aliphatic carbocycles. The molecule has 0 aliphatic heterocycles. The molecule has 0 unspecified atom stereocenters. The standard InChI is InChI=1S/C13H9BN4O3/c15-5-9-11(10(6-16)13(19)18-12(9)17)7-1-3-8(4-2-7)14(20)21/h1-4,20-21H,(H3,17,18,19). The summed E-state index contributed by atoms with van der Waals surface area (Å²) < 4.78 is 0. The van der Waals surface area contributed by atoms with Crippen molar-refractivity contribution >= 4 is 18.4 Å².